The van der Waals surface area contributed by atoms with Gasteiger partial charge in [-0.15, -0.1) is 0 Å². The third kappa shape index (κ3) is 3.04. The van der Waals surface area contributed by atoms with Crippen LogP contribution in [0.25, 0.3) is 0 Å². The van der Waals surface area contributed by atoms with Crippen LogP contribution in [-0.4, -0.2) is 15.9 Å². The number of fused-ring (bicyclic) bond motifs is 1. The molecule has 1 unspecified atom stereocenters. The van der Waals surface area contributed by atoms with Gasteiger partial charge in [-0.1, -0.05) is 47.5 Å². The number of amides is 1. The molecule has 126 valence electrons. The Morgan fingerprint density at radius 3 is 2.50 bits per heavy atom. The minimum atomic E-state index is -0.555. The minimum Gasteiger partial charge on any atom is -0.389 e. The van der Waals surface area contributed by atoms with Gasteiger partial charge < -0.3 is 10.0 Å². The Bertz CT molecular complexity index is 769. The average Bonchev–Trinajstić information content (AvgIpc) is 2.88. The first-order chi connectivity index (χ1) is 11.4. The number of hydrogen-bond acceptors (Lipinski definition) is 2. The van der Waals surface area contributed by atoms with Crippen molar-refractivity contribution in [1.82, 2.24) is 4.90 Å². The van der Waals surface area contributed by atoms with Crippen molar-refractivity contribution in [3.05, 3.63) is 68.7 Å². The van der Waals surface area contributed by atoms with Gasteiger partial charge in [0.05, 0.1) is 18.6 Å². The van der Waals surface area contributed by atoms with Crippen LogP contribution in [-0.2, 0) is 17.8 Å². The Hall–Kier alpha value is -1.55. The Kier molecular flexibility index (Phi) is 4.86. The lowest BCUT2D eigenvalue weighted by atomic mass is 9.98. The molecule has 5 heteroatoms. The maximum absolute atomic E-state index is 12.8. The summed E-state index contributed by atoms with van der Waals surface area (Å²) in [4.78, 5) is 14.6. The summed E-state index contributed by atoms with van der Waals surface area (Å²) in [6, 6.07) is 11.1. The molecule has 3 rings (SSSR count). The number of rotatable bonds is 3. The number of halogens is 2. The first-order valence-corrected chi connectivity index (χ1v) is 8.67. The lowest BCUT2D eigenvalue weighted by molar-refractivity contribution is -0.132. The number of hydrogen-bond donors (Lipinski definition) is 1. The Labute approximate surface area is 151 Å². The van der Waals surface area contributed by atoms with Gasteiger partial charge in [0.15, 0.2) is 0 Å². The molecule has 0 radical (unpaired) electrons. The largest absolute Gasteiger partial charge is 0.389 e. The fourth-order valence-corrected chi connectivity index (χ4v) is 3.85. The van der Waals surface area contributed by atoms with Gasteiger partial charge in [0.1, 0.15) is 0 Å². The zero-order valence-electron chi connectivity index (χ0n) is 13.6. The molecule has 0 saturated carbocycles. The number of nitrogens with zero attached hydrogens (tertiary/aromatic N) is 1. The number of aliphatic hydroxyl groups excluding tert-OH is 1. The van der Waals surface area contributed by atoms with Crippen molar-refractivity contribution in [3.8, 4) is 0 Å². The van der Waals surface area contributed by atoms with E-state index in [1.807, 2.05) is 30.0 Å². The standard InChI is InChI=1S/C19H19Cl2NO2/c1-11-13-5-3-6-14(12(2)23)16(13)10-22(11)19(24)9-15-17(20)7-4-8-18(15)21/h3-8,11-12,23H,9-10H2,1-2H3/t11-,12?/m0/s1. The average molecular weight is 364 g/mol. The topological polar surface area (TPSA) is 40.5 Å². The van der Waals surface area contributed by atoms with Crippen molar-refractivity contribution in [2.75, 3.05) is 0 Å². The molecule has 0 bridgehead atoms. The highest BCUT2D eigenvalue weighted by Gasteiger charge is 2.32. The predicted octanol–water partition coefficient (Wildman–Crippen LogP) is 4.69. The van der Waals surface area contributed by atoms with E-state index in [1.54, 1.807) is 25.1 Å². The molecule has 1 heterocycles. The van der Waals surface area contributed by atoms with E-state index >= 15 is 0 Å². The van der Waals surface area contributed by atoms with E-state index in [2.05, 4.69) is 0 Å². The van der Waals surface area contributed by atoms with Crippen LogP contribution in [0, 0.1) is 0 Å². The molecule has 0 aliphatic carbocycles. The fourth-order valence-electron chi connectivity index (χ4n) is 3.32. The molecule has 1 amide bonds. The van der Waals surface area contributed by atoms with E-state index in [0.29, 0.717) is 22.2 Å². The van der Waals surface area contributed by atoms with Crippen molar-refractivity contribution in [2.24, 2.45) is 0 Å². The van der Waals surface area contributed by atoms with Crippen molar-refractivity contribution in [3.63, 3.8) is 0 Å². The molecule has 3 nitrogen and oxygen atoms in total. The Morgan fingerprint density at radius 1 is 1.25 bits per heavy atom. The van der Waals surface area contributed by atoms with Crippen LogP contribution in [0.4, 0.5) is 0 Å². The van der Waals surface area contributed by atoms with E-state index in [4.69, 9.17) is 23.2 Å². The summed E-state index contributed by atoms with van der Waals surface area (Å²) in [5.74, 6) is -0.0229. The summed E-state index contributed by atoms with van der Waals surface area (Å²) >= 11 is 12.4. The molecular weight excluding hydrogens is 345 g/mol. The minimum absolute atomic E-state index is 0.0229. The van der Waals surface area contributed by atoms with Gasteiger partial charge in [0, 0.05) is 16.6 Å². The number of benzene rings is 2. The second-order valence-electron chi connectivity index (χ2n) is 6.17. The molecule has 0 saturated heterocycles. The summed E-state index contributed by atoms with van der Waals surface area (Å²) in [5.41, 5.74) is 3.67. The smallest absolute Gasteiger partial charge is 0.227 e. The van der Waals surface area contributed by atoms with Gasteiger partial charge in [0.2, 0.25) is 5.91 Å². The van der Waals surface area contributed by atoms with E-state index in [9.17, 15) is 9.90 Å². The normalized spacial score (nSPS) is 17.7. The number of carbonyl (C=O) groups excluding carboxylic acids is 1. The summed E-state index contributed by atoms with van der Waals surface area (Å²) in [6.07, 6.45) is -0.388. The van der Waals surface area contributed by atoms with Crippen LogP contribution in [0.15, 0.2) is 36.4 Å². The molecule has 2 atom stereocenters. The predicted molar refractivity (Wildman–Crippen MR) is 96.2 cm³/mol. The lowest BCUT2D eigenvalue weighted by Crippen LogP contribution is -2.29. The van der Waals surface area contributed by atoms with Gasteiger partial charge in [-0.2, -0.15) is 0 Å². The molecule has 0 aromatic heterocycles. The zero-order chi connectivity index (χ0) is 17.4. The maximum atomic E-state index is 12.8. The second kappa shape index (κ2) is 6.75. The van der Waals surface area contributed by atoms with Crippen molar-refractivity contribution >= 4 is 29.1 Å². The summed E-state index contributed by atoms with van der Waals surface area (Å²) < 4.78 is 0. The summed E-state index contributed by atoms with van der Waals surface area (Å²) in [5, 5.41) is 11.0. The molecule has 1 N–H and O–H groups in total. The van der Waals surface area contributed by atoms with Gasteiger partial charge in [-0.3, -0.25) is 4.79 Å². The lowest BCUT2D eigenvalue weighted by Gasteiger charge is -2.22. The van der Waals surface area contributed by atoms with Crippen molar-refractivity contribution < 1.29 is 9.90 Å². The molecule has 0 fully saturated rings. The first kappa shape index (κ1) is 17.3. The summed E-state index contributed by atoms with van der Waals surface area (Å²) in [7, 11) is 0. The third-order valence-corrected chi connectivity index (χ3v) is 5.36. The number of aliphatic hydroxyl groups is 1. The third-order valence-electron chi connectivity index (χ3n) is 4.65. The van der Waals surface area contributed by atoms with Crippen LogP contribution >= 0.6 is 23.2 Å². The molecule has 1 aliphatic heterocycles. The molecule has 24 heavy (non-hydrogen) atoms. The van der Waals surface area contributed by atoms with E-state index < -0.39 is 6.10 Å². The van der Waals surface area contributed by atoms with Crippen LogP contribution in [0.5, 0.6) is 0 Å². The molecule has 1 aliphatic rings. The highest BCUT2D eigenvalue weighted by Crippen LogP contribution is 2.38. The van der Waals surface area contributed by atoms with Gasteiger partial charge >= 0.3 is 0 Å². The highest BCUT2D eigenvalue weighted by atomic mass is 35.5. The Morgan fingerprint density at radius 2 is 1.88 bits per heavy atom. The van der Waals surface area contributed by atoms with Gasteiger partial charge in [-0.05, 0) is 48.2 Å². The monoisotopic (exact) mass is 363 g/mol. The van der Waals surface area contributed by atoms with Crippen LogP contribution in [0.3, 0.4) is 0 Å². The van der Waals surface area contributed by atoms with E-state index in [-0.39, 0.29) is 18.4 Å². The Balaban J connectivity index is 1.87. The second-order valence-corrected chi connectivity index (χ2v) is 6.98. The quantitative estimate of drug-likeness (QED) is 0.858. The van der Waals surface area contributed by atoms with Crippen molar-refractivity contribution in [1.29, 1.82) is 0 Å². The fraction of sp³-hybridized carbons (Fsp3) is 0.316. The van der Waals surface area contributed by atoms with Gasteiger partial charge in [-0.25, -0.2) is 0 Å². The van der Waals surface area contributed by atoms with Crippen LogP contribution < -0.4 is 0 Å². The van der Waals surface area contributed by atoms with Crippen LogP contribution in [0.1, 0.15) is 48.2 Å². The van der Waals surface area contributed by atoms with Crippen molar-refractivity contribution in [2.45, 2.75) is 39.0 Å². The van der Waals surface area contributed by atoms with E-state index in [0.717, 1.165) is 16.7 Å². The molecule has 2 aromatic rings. The maximum Gasteiger partial charge on any atom is 0.227 e. The highest BCUT2D eigenvalue weighted by molar-refractivity contribution is 6.36. The SMILES string of the molecule is CC(O)c1cccc2c1CN(C(=O)Cc1c(Cl)cccc1Cl)[C@H]2C. The number of carbonyl (C=O) groups is 1. The van der Waals surface area contributed by atoms with E-state index in [1.165, 1.54) is 0 Å². The molecular formula is C19H19Cl2NO2. The van der Waals surface area contributed by atoms with Gasteiger partial charge in [0.25, 0.3) is 0 Å². The molecule has 0 spiro atoms. The first-order valence-electron chi connectivity index (χ1n) is 7.92. The van der Waals surface area contributed by atoms with Crippen LogP contribution in [0.2, 0.25) is 10.0 Å². The summed E-state index contributed by atoms with van der Waals surface area (Å²) in [6.45, 7) is 4.25. The molecule has 2 aromatic carbocycles. The zero-order valence-corrected chi connectivity index (χ0v) is 15.1.